The number of para-hydroxylation sites is 3. The highest BCUT2D eigenvalue weighted by molar-refractivity contribution is 7.93. The molecule has 9 nitrogen and oxygen atoms in total. The van der Waals surface area contributed by atoms with Crippen LogP contribution in [0.4, 0.5) is 17.1 Å². The van der Waals surface area contributed by atoms with Gasteiger partial charge in [-0.05, 0) is 72.6 Å². The first-order valence-corrected chi connectivity index (χ1v) is 14.9. The van der Waals surface area contributed by atoms with Gasteiger partial charge in [0.05, 0.1) is 28.3 Å². The molecule has 0 aliphatic carbocycles. The number of sulfonamides is 2. The summed E-state index contributed by atoms with van der Waals surface area (Å²) >= 11 is 0. The molecule has 1 aliphatic heterocycles. The second kappa shape index (κ2) is 10.4. The van der Waals surface area contributed by atoms with Gasteiger partial charge in [-0.25, -0.2) is 16.8 Å². The Hall–Kier alpha value is -4.35. The van der Waals surface area contributed by atoms with Crippen LogP contribution >= 0.6 is 0 Å². The second-order valence-electron chi connectivity index (χ2n) is 8.77. The zero-order valence-corrected chi connectivity index (χ0v) is 22.5. The minimum Gasteiger partial charge on any atom is -0.495 e. The van der Waals surface area contributed by atoms with Gasteiger partial charge in [-0.1, -0.05) is 36.4 Å². The van der Waals surface area contributed by atoms with E-state index in [1.54, 1.807) is 36.4 Å². The number of methoxy groups -OCH3 is 1. The molecule has 1 heterocycles. The lowest BCUT2D eigenvalue weighted by atomic mass is 10.2. The molecule has 1 amide bonds. The lowest BCUT2D eigenvalue weighted by Crippen LogP contribution is -2.29. The predicted molar refractivity (Wildman–Crippen MR) is 149 cm³/mol. The Balaban J connectivity index is 1.31. The Kier molecular flexibility index (Phi) is 7.02. The van der Waals surface area contributed by atoms with Crippen LogP contribution in [-0.4, -0.2) is 36.4 Å². The van der Waals surface area contributed by atoms with E-state index in [9.17, 15) is 21.6 Å². The third-order valence-electron chi connectivity index (χ3n) is 6.30. The van der Waals surface area contributed by atoms with Crippen molar-refractivity contribution >= 4 is 43.0 Å². The first kappa shape index (κ1) is 26.3. The summed E-state index contributed by atoms with van der Waals surface area (Å²) in [4.78, 5) is 12.9. The topological polar surface area (TPSA) is 122 Å². The molecule has 11 heteroatoms. The SMILES string of the molecule is COc1ccccc1NS(=O)(=O)c1ccc(NC(=O)c2cccc(S(=O)(=O)N3CCc4ccccc43)c2)cc1. The Labute approximate surface area is 227 Å². The Morgan fingerprint density at radius 1 is 0.821 bits per heavy atom. The van der Waals surface area contributed by atoms with Gasteiger partial charge in [0.15, 0.2) is 0 Å². The van der Waals surface area contributed by atoms with Gasteiger partial charge in [0.1, 0.15) is 5.75 Å². The minimum absolute atomic E-state index is 0.00890. The molecule has 0 saturated carbocycles. The van der Waals surface area contributed by atoms with E-state index >= 15 is 0 Å². The van der Waals surface area contributed by atoms with Crippen molar-refractivity contribution in [1.29, 1.82) is 0 Å². The van der Waals surface area contributed by atoms with Gasteiger partial charge >= 0.3 is 0 Å². The van der Waals surface area contributed by atoms with Crippen LogP contribution in [0.25, 0.3) is 0 Å². The predicted octanol–water partition coefficient (Wildman–Crippen LogP) is 4.50. The normalized spacial score (nSPS) is 13.0. The van der Waals surface area contributed by atoms with Crippen LogP contribution in [0.15, 0.2) is 107 Å². The van der Waals surface area contributed by atoms with E-state index in [2.05, 4.69) is 10.0 Å². The van der Waals surface area contributed by atoms with Gasteiger partial charge in [-0.3, -0.25) is 13.8 Å². The monoisotopic (exact) mass is 563 g/mol. The van der Waals surface area contributed by atoms with Gasteiger partial charge in [0.25, 0.3) is 26.0 Å². The van der Waals surface area contributed by atoms with E-state index in [-0.39, 0.29) is 15.4 Å². The number of hydrogen-bond acceptors (Lipinski definition) is 6. The molecule has 39 heavy (non-hydrogen) atoms. The van der Waals surface area contributed by atoms with E-state index in [1.165, 1.54) is 59.9 Å². The van der Waals surface area contributed by atoms with Gasteiger partial charge < -0.3 is 10.1 Å². The van der Waals surface area contributed by atoms with Crippen LogP contribution in [0.5, 0.6) is 5.75 Å². The minimum atomic E-state index is -3.91. The van der Waals surface area contributed by atoms with Crippen molar-refractivity contribution in [1.82, 2.24) is 0 Å². The van der Waals surface area contributed by atoms with E-state index in [0.29, 0.717) is 35.8 Å². The number of anilines is 3. The van der Waals surface area contributed by atoms with Crippen molar-refractivity contribution in [3.63, 3.8) is 0 Å². The van der Waals surface area contributed by atoms with Crippen molar-refractivity contribution in [3.05, 3.63) is 108 Å². The maximum Gasteiger partial charge on any atom is 0.264 e. The van der Waals surface area contributed by atoms with E-state index in [1.807, 2.05) is 12.1 Å². The molecule has 2 N–H and O–H groups in total. The van der Waals surface area contributed by atoms with Gasteiger partial charge in [-0.15, -0.1) is 0 Å². The van der Waals surface area contributed by atoms with Crippen molar-refractivity contribution in [3.8, 4) is 5.75 Å². The lowest BCUT2D eigenvalue weighted by molar-refractivity contribution is 0.102. The van der Waals surface area contributed by atoms with Crippen LogP contribution in [0.3, 0.4) is 0 Å². The summed E-state index contributed by atoms with van der Waals surface area (Å²) in [6, 6.07) is 25.4. The Morgan fingerprint density at radius 2 is 1.54 bits per heavy atom. The first-order valence-electron chi connectivity index (χ1n) is 12.0. The van der Waals surface area contributed by atoms with Crippen LogP contribution in [0.2, 0.25) is 0 Å². The standard InChI is InChI=1S/C28H25N3O6S2/c1-37-27-12-5-3-10-25(27)30-38(33,34)23-15-13-22(14-16-23)29-28(32)21-8-6-9-24(19-21)39(35,36)31-18-17-20-7-2-4-11-26(20)31/h2-16,19,30H,17-18H2,1H3,(H,29,32). The fourth-order valence-electron chi connectivity index (χ4n) is 4.34. The van der Waals surface area contributed by atoms with Crippen LogP contribution in [0.1, 0.15) is 15.9 Å². The molecule has 4 aromatic rings. The molecule has 0 atom stereocenters. The van der Waals surface area contributed by atoms with E-state index < -0.39 is 26.0 Å². The summed E-state index contributed by atoms with van der Waals surface area (Å²) in [6.45, 7) is 0.333. The van der Waals surface area contributed by atoms with Crippen molar-refractivity contribution in [2.24, 2.45) is 0 Å². The molecular weight excluding hydrogens is 538 g/mol. The van der Waals surface area contributed by atoms with Crippen LogP contribution in [0, 0.1) is 0 Å². The molecule has 0 bridgehead atoms. The van der Waals surface area contributed by atoms with E-state index in [0.717, 1.165) is 5.56 Å². The molecule has 0 unspecified atom stereocenters. The fourth-order valence-corrected chi connectivity index (χ4v) is 6.96. The molecule has 1 aliphatic rings. The van der Waals surface area contributed by atoms with E-state index in [4.69, 9.17) is 4.74 Å². The van der Waals surface area contributed by atoms with Crippen LogP contribution < -0.4 is 19.1 Å². The number of nitrogens with zero attached hydrogens (tertiary/aromatic N) is 1. The van der Waals surface area contributed by atoms with Gasteiger partial charge in [-0.2, -0.15) is 0 Å². The maximum atomic E-state index is 13.4. The highest BCUT2D eigenvalue weighted by atomic mass is 32.2. The number of rotatable bonds is 8. The molecule has 200 valence electrons. The molecule has 0 saturated heterocycles. The van der Waals surface area contributed by atoms with Gasteiger partial charge in [0, 0.05) is 17.8 Å². The van der Waals surface area contributed by atoms with Gasteiger partial charge in [0.2, 0.25) is 0 Å². The second-order valence-corrected chi connectivity index (χ2v) is 12.3. The number of carbonyl (C=O) groups excluding carboxylic acids is 1. The number of ether oxygens (including phenoxy) is 1. The number of nitrogens with one attached hydrogen (secondary N) is 2. The lowest BCUT2D eigenvalue weighted by Gasteiger charge is -2.20. The fraction of sp³-hybridized carbons (Fsp3) is 0.107. The molecule has 0 fully saturated rings. The quantitative estimate of drug-likeness (QED) is 0.326. The summed E-state index contributed by atoms with van der Waals surface area (Å²) in [6.07, 6.45) is 0.621. The highest BCUT2D eigenvalue weighted by Gasteiger charge is 2.31. The molecule has 5 rings (SSSR count). The Morgan fingerprint density at radius 3 is 2.31 bits per heavy atom. The van der Waals surface area contributed by atoms with Crippen molar-refractivity contribution in [2.45, 2.75) is 16.2 Å². The van der Waals surface area contributed by atoms with Crippen molar-refractivity contribution in [2.75, 3.05) is 28.0 Å². The summed E-state index contributed by atoms with van der Waals surface area (Å²) in [5, 5.41) is 2.69. The largest absolute Gasteiger partial charge is 0.495 e. The van der Waals surface area contributed by atoms with Crippen LogP contribution in [-0.2, 0) is 26.5 Å². The maximum absolute atomic E-state index is 13.4. The number of carbonyl (C=O) groups is 1. The first-order chi connectivity index (χ1) is 18.7. The number of amides is 1. The van der Waals surface area contributed by atoms with Crippen molar-refractivity contribution < 1.29 is 26.4 Å². The summed E-state index contributed by atoms with van der Waals surface area (Å²) in [5.74, 6) is -0.153. The highest BCUT2D eigenvalue weighted by Crippen LogP contribution is 2.33. The molecule has 0 radical (unpaired) electrons. The Bertz CT molecular complexity index is 1750. The zero-order chi connectivity index (χ0) is 27.6. The summed E-state index contributed by atoms with van der Waals surface area (Å²) < 4.78 is 61.4. The average molecular weight is 564 g/mol. The molecule has 0 aromatic heterocycles. The molecule has 4 aromatic carbocycles. The summed E-state index contributed by atoms with van der Waals surface area (Å²) in [5.41, 5.74) is 2.39. The summed E-state index contributed by atoms with van der Waals surface area (Å²) in [7, 11) is -6.33. The number of benzene rings is 4. The zero-order valence-electron chi connectivity index (χ0n) is 20.9. The number of fused-ring (bicyclic) bond motifs is 1. The molecular formula is C28H25N3O6S2. The third-order valence-corrected chi connectivity index (χ3v) is 9.49. The number of hydrogen-bond donors (Lipinski definition) is 2. The average Bonchev–Trinajstić information content (AvgIpc) is 3.39. The molecule has 0 spiro atoms. The smallest absolute Gasteiger partial charge is 0.264 e. The third kappa shape index (κ3) is 5.31.